The van der Waals surface area contributed by atoms with E-state index in [-0.39, 0.29) is 16.6 Å². The van der Waals surface area contributed by atoms with Gasteiger partial charge in [-0.3, -0.25) is 4.79 Å². The molecule has 5 nitrogen and oxygen atoms in total. The maximum Gasteiger partial charge on any atom is 0.417 e. The third-order valence-corrected chi connectivity index (χ3v) is 3.44. The van der Waals surface area contributed by atoms with Crippen molar-refractivity contribution in [1.29, 1.82) is 0 Å². The lowest BCUT2D eigenvalue weighted by Crippen LogP contribution is -2.24. The van der Waals surface area contributed by atoms with Crippen LogP contribution in [0, 0.1) is 0 Å². The molecule has 0 spiro atoms. The number of nitrogens with one attached hydrogen (secondary N) is 1. The number of nitrogens with zero attached hydrogens (tertiary/aromatic N) is 3. The van der Waals surface area contributed by atoms with E-state index >= 15 is 0 Å². The lowest BCUT2D eigenvalue weighted by Gasteiger charge is -2.11. The van der Waals surface area contributed by atoms with E-state index in [9.17, 15) is 18.0 Å². The van der Waals surface area contributed by atoms with Crippen LogP contribution in [0.1, 0.15) is 21.7 Å². The molecule has 0 unspecified atom stereocenters. The summed E-state index contributed by atoms with van der Waals surface area (Å²) >= 11 is 2.82. The molecular formula is C12H10BrF3N4O. The molecule has 0 saturated heterocycles. The fourth-order valence-electron chi connectivity index (χ4n) is 1.61. The van der Waals surface area contributed by atoms with E-state index in [0.29, 0.717) is 5.82 Å². The second kappa shape index (κ2) is 5.84. The zero-order valence-electron chi connectivity index (χ0n) is 10.8. The summed E-state index contributed by atoms with van der Waals surface area (Å²) in [6.07, 6.45) is -3.07. The third-order valence-electron chi connectivity index (χ3n) is 2.75. The minimum Gasteiger partial charge on any atom is -0.345 e. The summed E-state index contributed by atoms with van der Waals surface area (Å²) in [6.45, 7) is 0.0761. The molecule has 2 rings (SSSR count). The molecule has 0 bridgehead atoms. The summed E-state index contributed by atoms with van der Waals surface area (Å²) in [5, 5.41) is 9.90. The zero-order valence-corrected chi connectivity index (χ0v) is 12.4. The third kappa shape index (κ3) is 3.60. The molecule has 0 radical (unpaired) electrons. The Balaban J connectivity index is 2.15. The SMILES string of the molecule is Cn1cnnc1CNC(=O)c1ccc(Br)c(C(F)(F)F)c1. The highest BCUT2D eigenvalue weighted by Crippen LogP contribution is 2.35. The molecule has 0 fully saturated rings. The number of amides is 1. The normalized spacial score (nSPS) is 11.5. The Morgan fingerprint density at radius 2 is 2.14 bits per heavy atom. The van der Waals surface area contributed by atoms with Crippen molar-refractivity contribution < 1.29 is 18.0 Å². The van der Waals surface area contributed by atoms with Gasteiger partial charge in [0.2, 0.25) is 0 Å². The second-order valence-electron chi connectivity index (χ2n) is 4.23. The van der Waals surface area contributed by atoms with E-state index in [1.54, 1.807) is 11.6 Å². The molecule has 0 aliphatic rings. The van der Waals surface area contributed by atoms with Gasteiger partial charge in [-0.2, -0.15) is 13.2 Å². The molecule has 9 heteroatoms. The van der Waals surface area contributed by atoms with Crippen molar-refractivity contribution in [2.75, 3.05) is 0 Å². The molecule has 0 saturated carbocycles. The first-order chi connectivity index (χ1) is 9.79. The molecule has 21 heavy (non-hydrogen) atoms. The topological polar surface area (TPSA) is 59.8 Å². The molecular weight excluding hydrogens is 353 g/mol. The van der Waals surface area contributed by atoms with Crippen LogP contribution in [0.4, 0.5) is 13.2 Å². The molecule has 112 valence electrons. The van der Waals surface area contributed by atoms with E-state index in [4.69, 9.17) is 0 Å². The number of hydrogen-bond acceptors (Lipinski definition) is 3. The van der Waals surface area contributed by atoms with Crippen molar-refractivity contribution in [3.05, 3.63) is 46.0 Å². The first-order valence-electron chi connectivity index (χ1n) is 5.77. The van der Waals surface area contributed by atoms with E-state index in [1.165, 1.54) is 18.5 Å². The first-order valence-corrected chi connectivity index (χ1v) is 6.56. The van der Waals surface area contributed by atoms with Crippen LogP contribution in [0.3, 0.4) is 0 Å². The summed E-state index contributed by atoms with van der Waals surface area (Å²) in [4.78, 5) is 11.9. The van der Waals surface area contributed by atoms with Gasteiger partial charge in [0, 0.05) is 17.1 Å². The van der Waals surface area contributed by atoms with Crippen molar-refractivity contribution in [2.24, 2.45) is 7.05 Å². The van der Waals surface area contributed by atoms with Crippen LogP contribution in [-0.2, 0) is 19.8 Å². The van der Waals surface area contributed by atoms with Gasteiger partial charge in [-0.05, 0) is 18.2 Å². The minimum atomic E-state index is -4.53. The summed E-state index contributed by atoms with van der Waals surface area (Å²) in [5.41, 5.74) is -0.971. The first kappa shape index (κ1) is 15.5. The minimum absolute atomic E-state index is 0.0761. The number of rotatable bonds is 3. The summed E-state index contributed by atoms with van der Waals surface area (Å²) in [7, 11) is 1.70. The zero-order chi connectivity index (χ0) is 15.6. The molecule has 2 aromatic rings. The number of hydrogen-bond donors (Lipinski definition) is 1. The molecule has 0 aliphatic carbocycles. The van der Waals surface area contributed by atoms with Crippen LogP contribution in [0.15, 0.2) is 29.0 Å². The monoisotopic (exact) mass is 362 g/mol. The number of alkyl halides is 3. The molecule has 1 N–H and O–H groups in total. The number of halogens is 4. The Bertz CT molecular complexity index is 669. The molecule has 1 aromatic heterocycles. The maximum atomic E-state index is 12.8. The van der Waals surface area contributed by atoms with Crippen LogP contribution < -0.4 is 5.32 Å². The summed E-state index contributed by atoms with van der Waals surface area (Å²) in [6, 6.07) is 3.31. The van der Waals surface area contributed by atoms with Gasteiger partial charge in [-0.25, -0.2) is 0 Å². The average molecular weight is 363 g/mol. The van der Waals surface area contributed by atoms with Crippen LogP contribution in [0.5, 0.6) is 0 Å². The molecule has 0 atom stereocenters. The number of aryl methyl sites for hydroxylation is 1. The summed E-state index contributed by atoms with van der Waals surface area (Å²) < 4.78 is 39.8. The highest BCUT2D eigenvalue weighted by molar-refractivity contribution is 9.10. The molecule has 1 aromatic carbocycles. The van der Waals surface area contributed by atoms with Gasteiger partial charge < -0.3 is 9.88 Å². The Kier molecular flexibility index (Phi) is 4.31. The predicted octanol–water partition coefficient (Wildman–Crippen LogP) is 2.53. The smallest absolute Gasteiger partial charge is 0.345 e. The fraction of sp³-hybridized carbons (Fsp3) is 0.250. The molecule has 1 amide bonds. The van der Waals surface area contributed by atoms with Crippen LogP contribution in [0.25, 0.3) is 0 Å². The Morgan fingerprint density at radius 1 is 1.43 bits per heavy atom. The van der Waals surface area contributed by atoms with E-state index in [1.807, 2.05) is 0 Å². The average Bonchev–Trinajstić information content (AvgIpc) is 2.80. The number of carbonyl (C=O) groups is 1. The number of benzene rings is 1. The van der Waals surface area contributed by atoms with Crippen molar-refractivity contribution >= 4 is 21.8 Å². The maximum absolute atomic E-state index is 12.8. The Labute approximate surface area is 126 Å². The standard InChI is InChI=1S/C12H10BrF3N4O/c1-20-6-18-19-10(20)5-17-11(21)7-2-3-9(13)8(4-7)12(14,15)16/h2-4,6H,5H2,1H3,(H,17,21). The highest BCUT2D eigenvalue weighted by atomic mass is 79.9. The molecule has 1 heterocycles. The summed E-state index contributed by atoms with van der Waals surface area (Å²) in [5.74, 6) is -0.118. The van der Waals surface area contributed by atoms with Gasteiger partial charge in [-0.15, -0.1) is 10.2 Å². The quantitative estimate of drug-likeness (QED) is 0.912. The highest BCUT2D eigenvalue weighted by Gasteiger charge is 2.33. The van der Waals surface area contributed by atoms with Crippen LogP contribution >= 0.6 is 15.9 Å². The number of carbonyl (C=O) groups excluding carboxylic acids is 1. The second-order valence-corrected chi connectivity index (χ2v) is 5.09. The largest absolute Gasteiger partial charge is 0.417 e. The number of aromatic nitrogens is 3. The van der Waals surface area contributed by atoms with E-state index in [2.05, 4.69) is 31.4 Å². The fourth-order valence-corrected chi connectivity index (χ4v) is 2.08. The van der Waals surface area contributed by atoms with Crippen molar-refractivity contribution in [3.8, 4) is 0 Å². The van der Waals surface area contributed by atoms with Gasteiger partial charge in [-0.1, -0.05) is 15.9 Å². The van der Waals surface area contributed by atoms with Gasteiger partial charge in [0.05, 0.1) is 12.1 Å². The van der Waals surface area contributed by atoms with Gasteiger partial charge in [0.25, 0.3) is 5.91 Å². The van der Waals surface area contributed by atoms with Crippen molar-refractivity contribution in [2.45, 2.75) is 12.7 Å². The Morgan fingerprint density at radius 3 is 2.71 bits per heavy atom. The lowest BCUT2D eigenvalue weighted by molar-refractivity contribution is -0.138. The van der Waals surface area contributed by atoms with Crippen LogP contribution in [0.2, 0.25) is 0 Å². The van der Waals surface area contributed by atoms with Crippen LogP contribution in [-0.4, -0.2) is 20.7 Å². The van der Waals surface area contributed by atoms with Gasteiger partial charge >= 0.3 is 6.18 Å². The predicted molar refractivity (Wildman–Crippen MR) is 71.3 cm³/mol. The van der Waals surface area contributed by atoms with Gasteiger partial charge in [0.15, 0.2) is 5.82 Å². The lowest BCUT2D eigenvalue weighted by atomic mass is 10.1. The molecule has 0 aliphatic heterocycles. The van der Waals surface area contributed by atoms with Crippen molar-refractivity contribution in [1.82, 2.24) is 20.1 Å². The van der Waals surface area contributed by atoms with Gasteiger partial charge in [0.1, 0.15) is 6.33 Å². The van der Waals surface area contributed by atoms with E-state index < -0.39 is 17.6 Å². The Hall–Kier alpha value is -1.90. The van der Waals surface area contributed by atoms with Crippen molar-refractivity contribution in [3.63, 3.8) is 0 Å². The van der Waals surface area contributed by atoms with E-state index in [0.717, 1.165) is 6.07 Å².